The van der Waals surface area contributed by atoms with Crippen LogP contribution in [0.1, 0.15) is 25.7 Å². The Morgan fingerprint density at radius 2 is 1.04 bits per heavy atom. The van der Waals surface area contributed by atoms with Crippen molar-refractivity contribution in [2.75, 3.05) is 80.8 Å². The van der Waals surface area contributed by atoms with E-state index in [0.717, 1.165) is 32.3 Å². The zero-order valence-corrected chi connectivity index (χ0v) is 16.4. The van der Waals surface area contributed by atoms with E-state index < -0.39 is 0 Å². The molecule has 0 aromatic carbocycles. The second-order valence-corrected chi connectivity index (χ2v) is 5.96. The summed E-state index contributed by atoms with van der Waals surface area (Å²) in [6, 6.07) is 0.104. The van der Waals surface area contributed by atoms with Gasteiger partial charge in [-0.3, -0.25) is 0 Å². The Morgan fingerprint density at radius 1 is 0.560 bits per heavy atom. The van der Waals surface area contributed by atoms with Crippen molar-refractivity contribution in [1.29, 1.82) is 0 Å². The lowest BCUT2D eigenvalue weighted by Crippen LogP contribution is -2.33. The molecule has 0 bridgehead atoms. The Kier molecular flexibility index (Phi) is 19.8. The summed E-state index contributed by atoms with van der Waals surface area (Å²) < 4.78 is 31.6. The third-order valence-corrected chi connectivity index (χ3v) is 3.99. The standard InChI is InChI=1S/C18H39NO6/c1-20-11-14-23-8-4-5-17(6-9-24-15-12-21-2)18(19)7-10-25-16-13-22-3/h17-18H,4-16,19H2,1-3H3. The molecule has 0 aromatic rings. The Bertz CT molecular complexity index is 258. The first-order valence-corrected chi connectivity index (χ1v) is 9.21. The van der Waals surface area contributed by atoms with Crippen LogP contribution in [0.3, 0.4) is 0 Å². The molecule has 25 heavy (non-hydrogen) atoms. The maximum absolute atomic E-state index is 6.38. The summed E-state index contributed by atoms with van der Waals surface area (Å²) in [5.41, 5.74) is 6.38. The summed E-state index contributed by atoms with van der Waals surface area (Å²) in [5, 5.41) is 0. The van der Waals surface area contributed by atoms with Crippen molar-refractivity contribution in [1.82, 2.24) is 0 Å². The number of ether oxygens (including phenoxy) is 6. The molecular formula is C18H39NO6. The Hall–Kier alpha value is -0.280. The van der Waals surface area contributed by atoms with E-state index >= 15 is 0 Å². The topological polar surface area (TPSA) is 81.4 Å². The van der Waals surface area contributed by atoms with E-state index in [9.17, 15) is 0 Å². The van der Waals surface area contributed by atoms with Crippen LogP contribution in [0.5, 0.6) is 0 Å². The van der Waals surface area contributed by atoms with Gasteiger partial charge in [0.25, 0.3) is 0 Å². The van der Waals surface area contributed by atoms with Gasteiger partial charge < -0.3 is 34.2 Å². The predicted octanol–water partition coefficient (Wildman–Crippen LogP) is 1.48. The lowest BCUT2D eigenvalue weighted by molar-refractivity contribution is 0.0492. The molecule has 0 amide bonds. The van der Waals surface area contributed by atoms with Gasteiger partial charge in [-0.2, -0.15) is 0 Å². The van der Waals surface area contributed by atoms with Gasteiger partial charge in [-0.05, 0) is 31.6 Å². The summed E-state index contributed by atoms with van der Waals surface area (Å²) in [6.07, 6.45) is 3.81. The molecule has 0 aliphatic heterocycles. The van der Waals surface area contributed by atoms with Crippen LogP contribution in [0.25, 0.3) is 0 Å². The Balaban J connectivity index is 3.98. The van der Waals surface area contributed by atoms with Gasteiger partial charge in [0.15, 0.2) is 0 Å². The van der Waals surface area contributed by atoms with Gasteiger partial charge in [0.1, 0.15) is 0 Å². The molecule has 0 radical (unpaired) electrons. The fourth-order valence-corrected chi connectivity index (χ4v) is 2.44. The summed E-state index contributed by atoms with van der Waals surface area (Å²) in [4.78, 5) is 0. The van der Waals surface area contributed by atoms with Gasteiger partial charge >= 0.3 is 0 Å². The second kappa shape index (κ2) is 20.0. The van der Waals surface area contributed by atoms with Gasteiger partial charge in [0.05, 0.1) is 39.6 Å². The maximum atomic E-state index is 6.38. The molecule has 0 rings (SSSR count). The van der Waals surface area contributed by atoms with E-state index in [1.165, 1.54) is 0 Å². The molecule has 2 unspecified atom stereocenters. The molecule has 0 aliphatic rings. The molecular weight excluding hydrogens is 326 g/mol. The van der Waals surface area contributed by atoms with Crippen LogP contribution >= 0.6 is 0 Å². The Morgan fingerprint density at radius 3 is 1.56 bits per heavy atom. The van der Waals surface area contributed by atoms with Gasteiger partial charge in [0.2, 0.25) is 0 Å². The zero-order valence-electron chi connectivity index (χ0n) is 16.4. The number of hydrogen-bond acceptors (Lipinski definition) is 7. The summed E-state index contributed by atoms with van der Waals surface area (Å²) >= 11 is 0. The highest BCUT2D eigenvalue weighted by Crippen LogP contribution is 2.17. The molecule has 0 saturated heterocycles. The fourth-order valence-electron chi connectivity index (χ4n) is 2.44. The fraction of sp³-hybridized carbons (Fsp3) is 1.00. The van der Waals surface area contributed by atoms with Crippen LogP contribution in [-0.4, -0.2) is 86.8 Å². The van der Waals surface area contributed by atoms with Crippen LogP contribution in [-0.2, 0) is 28.4 Å². The SMILES string of the molecule is COCCOCCCC(CCOCCOC)C(N)CCOCCOC. The van der Waals surface area contributed by atoms with Crippen molar-refractivity contribution in [2.24, 2.45) is 11.7 Å². The van der Waals surface area contributed by atoms with Crippen LogP contribution in [0.15, 0.2) is 0 Å². The van der Waals surface area contributed by atoms with Gasteiger partial charge in [0, 0.05) is 47.2 Å². The minimum Gasteiger partial charge on any atom is -0.382 e. The van der Waals surface area contributed by atoms with E-state index in [0.29, 0.717) is 58.8 Å². The Labute approximate surface area is 153 Å². The largest absolute Gasteiger partial charge is 0.382 e. The molecule has 0 aromatic heterocycles. The molecule has 7 nitrogen and oxygen atoms in total. The van der Waals surface area contributed by atoms with Crippen molar-refractivity contribution in [3.63, 3.8) is 0 Å². The number of hydrogen-bond donors (Lipinski definition) is 1. The number of rotatable bonds is 20. The molecule has 0 saturated carbocycles. The normalized spacial score (nSPS) is 13.9. The van der Waals surface area contributed by atoms with E-state index in [2.05, 4.69) is 0 Å². The predicted molar refractivity (Wildman–Crippen MR) is 98.0 cm³/mol. The van der Waals surface area contributed by atoms with Crippen molar-refractivity contribution in [3.05, 3.63) is 0 Å². The van der Waals surface area contributed by atoms with E-state index in [-0.39, 0.29) is 6.04 Å². The van der Waals surface area contributed by atoms with Crippen LogP contribution in [0.2, 0.25) is 0 Å². The van der Waals surface area contributed by atoms with Crippen molar-refractivity contribution < 1.29 is 28.4 Å². The average Bonchev–Trinajstić information content (AvgIpc) is 2.62. The lowest BCUT2D eigenvalue weighted by Gasteiger charge is -2.24. The maximum Gasteiger partial charge on any atom is 0.0700 e. The quantitative estimate of drug-likeness (QED) is 0.327. The third-order valence-electron chi connectivity index (χ3n) is 3.99. The van der Waals surface area contributed by atoms with Gasteiger partial charge in [-0.25, -0.2) is 0 Å². The minimum atomic E-state index is 0.104. The third kappa shape index (κ3) is 16.9. The summed E-state index contributed by atoms with van der Waals surface area (Å²) in [7, 11) is 5.02. The highest BCUT2D eigenvalue weighted by Gasteiger charge is 2.17. The van der Waals surface area contributed by atoms with Gasteiger partial charge in [-0.1, -0.05) is 0 Å². The zero-order chi connectivity index (χ0) is 18.6. The second-order valence-electron chi connectivity index (χ2n) is 5.96. The molecule has 152 valence electrons. The first kappa shape index (κ1) is 24.7. The molecule has 7 heteroatoms. The summed E-state index contributed by atoms with van der Waals surface area (Å²) in [5.74, 6) is 0.402. The smallest absolute Gasteiger partial charge is 0.0700 e. The van der Waals surface area contributed by atoms with Gasteiger partial charge in [-0.15, -0.1) is 0 Å². The first-order valence-electron chi connectivity index (χ1n) is 9.21. The molecule has 2 N–H and O–H groups in total. The lowest BCUT2D eigenvalue weighted by atomic mass is 9.90. The number of methoxy groups -OCH3 is 3. The molecule has 0 spiro atoms. The van der Waals surface area contributed by atoms with Crippen LogP contribution < -0.4 is 5.73 Å². The van der Waals surface area contributed by atoms with E-state index in [4.69, 9.17) is 34.2 Å². The van der Waals surface area contributed by atoms with Crippen molar-refractivity contribution >= 4 is 0 Å². The highest BCUT2D eigenvalue weighted by atomic mass is 16.5. The molecule has 0 heterocycles. The van der Waals surface area contributed by atoms with Crippen molar-refractivity contribution in [3.8, 4) is 0 Å². The monoisotopic (exact) mass is 365 g/mol. The molecule has 0 fully saturated rings. The summed E-state index contributed by atoms with van der Waals surface area (Å²) in [6.45, 7) is 5.85. The molecule has 0 aliphatic carbocycles. The average molecular weight is 366 g/mol. The van der Waals surface area contributed by atoms with Crippen molar-refractivity contribution in [2.45, 2.75) is 31.7 Å². The number of nitrogens with two attached hydrogens (primary N) is 1. The van der Waals surface area contributed by atoms with E-state index in [1.54, 1.807) is 21.3 Å². The van der Waals surface area contributed by atoms with Crippen LogP contribution in [0.4, 0.5) is 0 Å². The van der Waals surface area contributed by atoms with E-state index in [1.807, 2.05) is 0 Å². The minimum absolute atomic E-state index is 0.104. The van der Waals surface area contributed by atoms with Crippen LogP contribution in [0, 0.1) is 5.92 Å². The first-order chi connectivity index (χ1) is 12.3. The highest BCUT2D eigenvalue weighted by molar-refractivity contribution is 4.73. The molecule has 2 atom stereocenters.